The van der Waals surface area contributed by atoms with Crippen LogP contribution in [0.2, 0.25) is 0 Å². The Morgan fingerprint density at radius 1 is 1.20 bits per heavy atom. The summed E-state index contributed by atoms with van der Waals surface area (Å²) in [6, 6.07) is 14.5. The van der Waals surface area contributed by atoms with Crippen molar-refractivity contribution in [1.29, 1.82) is 0 Å². The van der Waals surface area contributed by atoms with Gasteiger partial charge in [0.2, 0.25) is 0 Å². The summed E-state index contributed by atoms with van der Waals surface area (Å²) in [6.07, 6.45) is 3.50. The number of urea groups is 1. The maximum absolute atomic E-state index is 12.7. The monoisotopic (exact) mass is 340 g/mol. The summed E-state index contributed by atoms with van der Waals surface area (Å²) in [6.45, 7) is 5.55. The van der Waals surface area contributed by atoms with E-state index >= 15 is 0 Å². The number of hydrogen-bond acceptors (Lipinski definition) is 2. The molecule has 4 nitrogen and oxygen atoms in total. The van der Waals surface area contributed by atoms with E-state index in [9.17, 15) is 4.79 Å². The highest BCUT2D eigenvalue weighted by atomic mass is 16.5. The van der Waals surface area contributed by atoms with Crippen LogP contribution < -0.4 is 5.32 Å². The first kappa shape index (κ1) is 17.7. The third-order valence-electron chi connectivity index (χ3n) is 4.98. The second kappa shape index (κ2) is 7.44. The van der Waals surface area contributed by atoms with Crippen molar-refractivity contribution in [3.8, 4) is 0 Å². The molecule has 0 aliphatic carbocycles. The summed E-state index contributed by atoms with van der Waals surface area (Å²) in [5.74, 6) is 0. The number of hydrogen-bond donors (Lipinski definition) is 1. The first-order chi connectivity index (χ1) is 12.0. The number of amides is 2. The van der Waals surface area contributed by atoms with Crippen LogP contribution >= 0.6 is 0 Å². The topological polar surface area (TPSA) is 41.6 Å². The SMILES string of the molecule is CN(C[C@@H]1CCCCO1)C(=O)NC(C)(C)c1cccc2ccccc12. The molecule has 1 aliphatic rings. The van der Waals surface area contributed by atoms with Gasteiger partial charge in [-0.25, -0.2) is 4.79 Å². The number of ether oxygens (including phenoxy) is 1. The van der Waals surface area contributed by atoms with Crippen LogP contribution in [0.1, 0.15) is 38.7 Å². The zero-order chi connectivity index (χ0) is 17.9. The molecule has 2 amide bonds. The Morgan fingerprint density at radius 3 is 2.72 bits per heavy atom. The van der Waals surface area contributed by atoms with Gasteiger partial charge >= 0.3 is 6.03 Å². The van der Waals surface area contributed by atoms with Crippen LogP contribution in [0.5, 0.6) is 0 Å². The Morgan fingerprint density at radius 2 is 1.96 bits per heavy atom. The van der Waals surface area contributed by atoms with Gasteiger partial charge in [-0.3, -0.25) is 0 Å². The van der Waals surface area contributed by atoms with Crippen LogP contribution in [-0.4, -0.2) is 37.2 Å². The number of rotatable bonds is 4. The molecule has 2 aromatic carbocycles. The average molecular weight is 340 g/mol. The molecule has 25 heavy (non-hydrogen) atoms. The van der Waals surface area contributed by atoms with E-state index in [0.717, 1.165) is 25.0 Å². The highest BCUT2D eigenvalue weighted by Crippen LogP contribution is 2.28. The van der Waals surface area contributed by atoms with Crippen molar-refractivity contribution in [3.05, 3.63) is 48.0 Å². The number of carbonyl (C=O) groups excluding carboxylic acids is 1. The smallest absolute Gasteiger partial charge is 0.317 e. The van der Waals surface area contributed by atoms with Crippen LogP contribution in [0.15, 0.2) is 42.5 Å². The highest BCUT2D eigenvalue weighted by molar-refractivity contribution is 5.87. The lowest BCUT2D eigenvalue weighted by molar-refractivity contribution is 0.00348. The summed E-state index contributed by atoms with van der Waals surface area (Å²) in [7, 11) is 1.84. The number of nitrogens with zero attached hydrogens (tertiary/aromatic N) is 1. The molecule has 134 valence electrons. The first-order valence-corrected chi connectivity index (χ1v) is 9.10. The maximum Gasteiger partial charge on any atom is 0.317 e. The first-order valence-electron chi connectivity index (χ1n) is 9.10. The molecular formula is C21H28N2O2. The lowest BCUT2D eigenvalue weighted by atomic mass is 9.89. The molecule has 1 heterocycles. The Labute approximate surface area is 150 Å². The normalized spacial score (nSPS) is 18.1. The molecule has 3 rings (SSSR count). The van der Waals surface area contributed by atoms with Crippen LogP contribution in [0.4, 0.5) is 4.79 Å². The largest absolute Gasteiger partial charge is 0.376 e. The average Bonchev–Trinajstić information content (AvgIpc) is 2.61. The quantitative estimate of drug-likeness (QED) is 0.902. The number of nitrogens with one attached hydrogen (secondary N) is 1. The van der Waals surface area contributed by atoms with Gasteiger partial charge in [-0.15, -0.1) is 0 Å². The Hall–Kier alpha value is -2.07. The Kier molecular flexibility index (Phi) is 5.28. The van der Waals surface area contributed by atoms with Gasteiger partial charge in [0.15, 0.2) is 0 Å². The van der Waals surface area contributed by atoms with E-state index in [-0.39, 0.29) is 12.1 Å². The number of fused-ring (bicyclic) bond motifs is 1. The number of carbonyl (C=O) groups is 1. The molecule has 1 saturated heterocycles. The molecule has 0 aromatic heterocycles. The zero-order valence-corrected chi connectivity index (χ0v) is 15.4. The fourth-order valence-corrected chi connectivity index (χ4v) is 3.54. The summed E-state index contributed by atoms with van der Waals surface area (Å²) in [5, 5.41) is 5.55. The lowest BCUT2D eigenvalue weighted by Crippen LogP contribution is -2.49. The van der Waals surface area contributed by atoms with Crippen molar-refractivity contribution in [2.75, 3.05) is 20.2 Å². The van der Waals surface area contributed by atoms with E-state index in [1.807, 2.05) is 25.2 Å². The van der Waals surface area contributed by atoms with Crippen molar-refractivity contribution in [3.63, 3.8) is 0 Å². The van der Waals surface area contributed by atoms with Crippen LogP contribution in [0.3, 0.4) is 0 Å². The molecular weight excluding hydrogens is 312 g/mol. The van der Waals surface area contributed by atoms with Crippen LogP contribution in [0, 0.1) is 0 Å². The third-order valence-corrected chi connectivity index (χ3v) is 4.98. The molecule has 0 radical (unpaired) electrons. The molecule has 1 atom stereocenters. The van der Waals surface area contributed by atoms with E-state index in [2.05, 4.69) is 43.4 Å². The summed E-state index contributed by atoms with van der Waals surface area (Å²) >= 11 is 0. The molecule has 1 fully saturated rings. The Balaban J connectivity index is 1.72. The standard InChI is InChI=1S/C21H28N2O2/c1-21(2,19-13-8-10-16-9-4-5-12-18(16)19)22-20(24)23(3)15-17-11-6-7-14-25-17/h4-5,8-10,12-13,17H,6-7,11,14-15H2,1-3H3,(H,22,24)/t17-/m0/s1. The minimum Gasteiger partial charge on any atom is -0.376 e. The van der Waals surface area contributed by atoms with Crippen molar-refractivity contribution in [1.82, 2.24) is 10.2 Å². The van der Waals surface area contributed by atoms with Crippen molar-refractivity contribution in [2.45, 2.75) is 44.8 Å². The second-order valence-electron chi connectivity index (χ2n) is 7.45. The molecule has 4 heteroatoms. The van der Waals surface area contributed by atoms with Gasteiger partial charge in [-0.1, -0.05) is 42.5 Å². The van der Waals surface area contributed by atoms with E-state index in [4.69, 9.17) is 4.74 Å². The van der Waals surface area contributed by atoms with Crippen molar-refractivity contribution >= 4 is 16.8 Å². The molecule has 1 N–H and O–H groups in total. The predicted molar refractivity (Wildman–Crippen MR) is 102 cm³/mol. The van der Waals surface area contributed by atoms with Gasteiger partial charge in [0.1, 0.15) is 0 Å². The Bertz CT molecular complexity index is 730. The van der Waals surface area contributed by atoms with Crippen molar-refractivity contribution < 1.29 is 9.53 Å². The molecule has 2 aromatic rings. The van der Waals surface area contributed by atoms with E-state index in [1.165, 1.54) is 17.2 Å². The summed E-state index contributed by atoms with van der Waals surface area (Å²) in [5.41, 5.74) is 0.667. The third kappa shape index (κ3) is 4.13. The van der Waals surface area contributed by atoms with E-state index in [0.29, 0.717) is 6.54 Å². The van der Waals surface area contributed by atoms with Gasteiger partial charge < -0.3 is 15.0 Å². The minimum absolute atomic E-state index is 0.0629. The zero-order valence-electron chi connectivity index (χ0n) is 15.4. The second-order valence-corrected chi connectivity index (χ2v) is 7.45. The molecule has 0 unspecified atom stereocenters. The lowest BCUT2D eigenvalue weighted by Gasteiger charge is -2.33. The van der Waals surface area contributed by atoms with Crippen molar-refractivity contribution in [2.24, 2.45) is 0 Å². The summed E-state index contributed by atoms with van der Waals surface area (Å²) < 4.78 is 5.75. The molecule has 0 bridgehead atoms. The number of benzene rings is 2. The highest BCUT2D eigenvalue weighted by Gasteiger charge is 2.27. The molecule has 1 aliphatic heterocycles. The van der Waals surface area contributed by atoms with Crippen LogP contribution in [-0.2, 0) is 10.3 Å². The maximum atomic E-state index is 12.7. The number of likely N-dealkylation sites (N-methyl/N-ethyl adjacent to an activating group) is 1. The minimum atomic E-state index is -0.459. The van der Waals surface area contributed by atoms with E-state index in [1.54, 1.807) is 4.90 Å². The fourth-order valence-electron chi connectivity index (χ4n) is 3.54. The fraction of sp³-hybridized carbons (Fsp3) is 0.476. The van der Waals surface area contributed by atoms with Gasteiger partial charge in [0.05, 0.1) is 11.6 Å². The predicted octanol–water partition coefficient (Wildman–Crippen LogP) is 4.29. The molecule has 0 spiro atoms. The van der Waals surface area contributed by atoms with Gasteiger partial charge in [-0.05, 0) is 49.4 Å². The van der Waals surface area contributed by atoms with E-state index < -0.39 is 5.54 Å². The van der Waals surface area contributed by atoms with Gasteiger partial charge in [0, 0.05) is 20.2 Å². The molecule has 0 saturated carbocycles. The van der Waals surface area contributed by atoms with Gasteiger partial charge in [0.25, 0.3) is 0 Å². The van der Waals surface area contributed by atoms with Crippen LogP contribution in [0.25, 0.3) is 10.8 Å². The summed E-state index contributed by atoms with van der Waals surface area (Å²) in [4.78, 5) is 14.4. The van der Waals surface area contributed by atoms with Gasteiger partial charge in [-0.2, -0.15) is 0 Å².